The molecule has 0 radical (unpaired) electrons. The molecule has 2 aromatic carbocycles. The van der Waals surface area contributed by atoms with E-state index in [1.165, 1.54) is 23.9 Å². The minimum absolute atomic E-state index is 0.0938. The van der Waals surface area contributed by atoms with Crippen molar-refractivity contribution >= 4 is 17.7 Å². The summed E-state index contributed by atoms with van der Waals surface area (Å²) < 4.78 is 15.2. The number of carbonyl (C=O) groups is 1. The molecule has 0 N–H and O–H groups in total. The van der Waals surface area contributed by atoms with Gasteiger partial charge in [0.25, 0.3) is 0 Å². The lowest BCUT2D eigenvalue weighted by Gasteiger charge is -2.22. The smallest absolute Gasteiger partial charge is 0.233 e. The Morgan fingerprint density at radius 2 is 1.90 bits per heavy atom. The van der Waals surface area contributed by atoms with Crippen LogP contribution in [0, 0.1) is 17.1 Å². The number of carbonyl (C=O) groups excluding carboxylic acids is 1. The average molecular weight is 409 g/mol. The fourth-order valence-corrected chi connectivity index (χ4v) is 3.58. The van der Waals surface area contributed by atoms with E-state index in [4.69, 9.17) is 5.26 Å². The van der Waals surface area contributed by atoms with E-state index in [9.17, 15) is 9.18 Å². The second-order valence-corrected chi connectivity index (χ2v) is 7.43. The molecule has 8 heteroatoms. The molecule has 6 nitrogen and oxygen atoms in total. The number of aromatic nitrogens is 3. The molecule has 3 rings (SSSR count). The molecule has 29 heavy (non-hydrogen) atoms. The van der Waals surface area contributed by atoms with E-state index in [-0.39, 0.29) is 29.9 Å². The van der Waals surface area contributed by atoms with Gasteiger partial charge in [-0.15, -0.1) is 10.2 Å². The number of amides is 1. The SMILES string of the molecule is CC(CC#N)N(C)C(=O)CSc1nnc(-c2ccc(F)cc2)n1-c1ccccc1. The van der Waals surface area contributed by atoms with E-state index < -0.39 is 0 Å². The zero-order valence-corrected chi connectivity index (χ0v) is 16.9. The van der Waals surface area contributed by atoms with Gasteiger partial charge >= 0.3 is 0 Å². The van der Waals surface area contributed by atoms with Crippen LogP contribution in [0.1, 0.15) is 13.3 Å². The highest BCUT2D eigenvalue weighted by molar-refractivity contribution is 7.99. The summed E-state index contributed by atoms with van der Waals surface area (Å²) in [6, 6.07) is 17.5. The molecular formula is C21H20FN5OS. The topological polar surface area (TPSA) is 74.8 Å². The van der Waals surface area contributed by atoms with Crippen molar-refractivity contribution in [3.8, 4) is 23.1 Å². The van der Waals surface area contributed by atoms with Crippen LogP contribution in [0.5, 0.6) is 0 Å². The maximum Gasteiger partial charge on any atom is 0.233 e. The molecule has 148 valence electrons. The normalized spacial score (nSPS) is 11.7. The third-order valence-corrected chi connectivity index (χ3v) is 5.43. The molecule has 0 aliphatic heterocycles. The van der Waals surface area contributed by atoms with Gasteiger partial charge in [-0.2, -0.15) is 5.26 Å². The Morgan fingerprint density at radius 1 is 1.21 bits per heavy atom. The minimum atomic E-state index is -0.325. The number of nitrogens with zero attached hydrogens (tertiary/aromatic N) is 5. The first kappa shape index (κ1) is 20.6. The predicted octanol–water partition coefficient (Wildman–Crippen LogP) is 3.93. The molecule has 0 aliphatic rings. The van der Waals surface area contributed by atoms with E-state index in [1.54, 1.807) is 24.1 Å². The number of hydrogen-bond donors (Lipinski definition) is 0. The maximum atomic E-state index is 13.3. The fraction of sp³-hybridized carbons (Fsp3) is 0.238. The molecule has 1 aromatic heterocycles. The quantitative estimate of drug-likeness (QED) is 0.553. The highest BCUT2D eigenvalue weighted by atomic mass is 32.2. The second kappa shape index (κ2) is 9.34. The summed E-state index contributed by atoms with van der Waals surface area (Å²) in [6.45, 7) is 1.84. The van der Waals surface area contributed by atoms with Crippen molar-refractivity contribution < 1.29 is 9.18 Å². The summed E-state index contributed by atoms with van der Waals surface area (Å²) >= 11 is 1.27. The summed E-state index contributed by atoms with van der Waals surface area (Å²) in [5.74, 6) is 0.316. The van der Waals surface area contributed by atoms with Crippen LogP contribution in [-0.4, -0.2) is 44.4 Å². The second-order valence-electron chi connectivity index (χ2n) is 6.49. The van der Waals surface area contributed by atoms with Gasteiger partial charge in [0.1, 0.15) is 5.82 Å². The first-order chi connectivity index (χ1) is 14.0. The van der Waals surface area contributed by atoms with Crippen molar-refractivity contribution in [1.29, 1.82) is 5.26 Å². The van der Waals surface area contributed by atoms with Gasteiger partial charge in [-0.1, -0.05) is 30.0 Å². The summed E-state index contributed by atoms with van der Waals surface area (Å²) in [4.78, 5) is 14.1. The molecule has 0 saturated heterocycles. The van der Waals surface area contributed by atoms with Crippen LogP contribution in [0.3, 0.4) is 0 Å². The van der Waals surface area contributed by atoms with Crippen molar-refractivity contribution in [2.24, 2.45) is 0 Å². The third kappa shape index (κ3) is 4.81. The third-order valence-electron chi connectivity index (χ3n) is 4.52. The number of nitriles is 1. The molecule has 0 bridgehead atoms. The zero-order chi connectivity index (χ0) is 20.8. The monoisotopic (exact) mass is 409 g/mol. The van der Waals surface area contributed by atoms with Gasteiger partial charge in [-0.3, -0.25) is 9.36 Å². The van der Waals surface area contributed by atoms with Crippen LogP contribution in [0.4, 0.5) is 4.39 Å². The van der Waals surface area contributed by atoms with Gasteiger partial charge in [0.2, 0.25) is 5.91 Å². The highest BCUT2D eigenvalue weighted by Crippen LogP contribution is 2.28. The lowest BCUT2D eigenvalue weighted by molar-refractivity contribution is -0.128. The van der Waals surface area contributed by atoms with Crippen molar-refractivity contribution in [3.05, 3.63) is 60.4 Å². The average Bonchev–Trinajstić information content (AvgIpc) is 3.16. The largest absolute Gasteiger partial charge is 0.341 e. The Morgan fingerprint density at radius 3 is 2.55 bits per heavy atom. The standard InChI is InChI=1S/C21H20FN5OS/c1-15(12-13-23)26(2)19(28)14-29-21-25-24-20(16-8-10-17(22)11-9-16)27(21)18-6-4-3-5-7-18/h3-11,15H,12,14H2,1-2H3. The van der Waals surface area contributed by atoms with Gasteiger partial charge in [0.05, 0.1) is 18.2 Å². The number of thioether (sulfide) groups is 1. The first-order valence-electron chi connectivity index (χ1n) is 9.03. The van der Waals surface area contributed by atoms with Gasteiger partial charge in [-0.25, -0.2) is 4.39 Å². The molecule has 1 unspecified atom stereocenters. The van der Waals surface area contributed by atoms with Crippen molar-refractivity contribution in [1.82, 2.24) is 19.7 Å². The Labute approximate surface area is 173 Å². The Bertz CT molecular complexity index is 1010. The number of hydrogen-bond acceptors (Lipinski definition) is 5. The van der Waals surface area contributed by atoms with Gasteiger partial charge in [0.15, 0.2) is 11.0 Å². The first-order valence-corrected chi connectivity index (χ1v) is 10.0. The summed E-state index contributed by atoms with van der Waals surface area (Å²) in [6.07, 6.45) is 0.280. The van der Waals surface area contributed by atoms with Crippen LogP contribution < -0.4 is 0 Å². The van der Waals surface area contributed by atoms with Crippen molar-refractivity contribution in [2.45, 2.75) is 24.5 Å². The van der Waals surface area contributed by atoms with Crippen LogP contribution in [0.2, 0.25) is 0 Å². The van der Waals surface area contributed by atoms with Crippen molar-refractivity contribution in [3.63, 3.8) is 0 Å². The molecule has 1 heterocycles. The molecule has 1 atom stereocenters. The Hall–Kier alpha value is -3.18. The molecule has 1 amide bonds. The van der Waals surface area contributed by atoms with Gasteiger partial charge in [-0.05, 0) is 43.3 Å². The van der Waals surface area contributed by atoms with E-state index in [2.05, 4.69) is 16.3 Å². The molecule has 3 aromatic rings. The molecule has 0 saturated carbocycles. The van der Waals surface area contributed by atoms with Crippen LogP contribution in [0.25, 0.3) is 17.1 Å². The van der Waals surface area contributed by atoms with Crippen molar-refractivity contribution in [2.75, 3.05) is 12.8 Å². The Kier molecular flexibility index (Phi) is 6.62. The van der Waals surface area contributed by atoms with Gasteiger partial charge in [0, 0.05) is 24.3 Å². The lowest BCUT2D eigenvalue weighted by atomic mass is 10.2. The fourth-order valence-electron chi connectivity index (χ4n) is 2.70. The molecule has 0 fully saturated rings. The number of para-hydroxylation sites is 1. The predicted molar refractivity (Wildman–Crippen MR) is 110 cm³/mol. The van der Waals surface area contributed by atoms with E-state index >= 15 is 0 Å². The number of rotatable bonds is 7. The van der Waals surface area contributed by atoms with E-state index in [0.29, 0.717) is 11.0 Å². The zero-order valence-electron chi connectivity index (χ0n) is 16.1. The highest BCUT2D eigenvalue weighted by Gasteiger charge is 2.20. The molecule has 0 aliphatic carbocycles. The molecular weight excluding hydrogens is 389 g/mol. The van der Waals surface area contributed by atoms with Crippen LogP contribution >= 0.6 is 11.8 Å². The summed E-state index contributed by atoms with van der Waals surface area (Å²) in [7, 11) is 1.69. The Balaban J connectivity index is 1.89. The summed E-state index contributed by atoms with van der Waals surface area (Å²) in [5.41, 5.74) is 1.57. The van der Waals surface area contributed by atoms with Crippen LogP contribution in [-0.2, 0) is 4.79 Å². The maximum absolute atomic E-state index is 13.3. The van der Waals surface area contributed by atoms with Gasteiger partial charge < -0.3 is 4.90 Å². The van der Waals surface area contributed by atoms with Crippen LogP contribution in [0.15, 0.2) is 59.8 Å². The number of halogens is 1. The van der Waals surface area contributed by atoms with E-state index in [1.807, 2.05) is 41.8 Å². The van der Waals surface area contributed by atoms with E-state index in [0.717, 1.165) is 11.3 Å². The summed E-state index contributed by atoms with van der Waals surface area (Å²) in [5, 5.41) is 17.9. The minimum Gasteiger partial charge on any atom is -0.341 e. The lowest BCUT2D eigenvalue weighted by Crippen LogP contribution is -2.36. The number of benzene rings is 2. The molecule has 0 spiro atoms.